The molecule has 28 heavy (non-hydrogen) atoms. The summed E-state index contributed by atoms with van der Waals surface area (Å²) in [5.74, 6) is -0.762. The maximum atomic E-state index is 12.5. The van der Waals surface area contributed by atoms with E-state index in [2.05, 4.69) is 6.92 Å². The average Bonchev–Trinajstić information content (AvgIpc) is 2.72. The molecule has 0 spiro atoms. The maximum absolute atomic E-state index is 12.5. The van der Waals surface area contributed by atoms with E-state index in [1.807, 2.05) is 0 Å². The van der Waals surface area contributed by atoms with Crippen molar-refractivity contribution in [3.05, 3.63) is 35.4 Å². The largest absolute Gasteiger partial charge is 0.462 e. The molecule has 1 aliphatic carbocycles. The van der Waals surface area contributed by atoms with E-state index in [0.717, 1.165) is 44.9 Å². The molecule has 1 saturated carbocycles. The van der Waals surface area contributed by atoms with Gasteiger partial charge in [-0.2, -0.15) is 0 Å². The number of ether oxygens (including phenoxy) is 2. The van der Waals surface area contributed by atoms with Crippen LogP contribution in [0.3, 0.4) is 0 Å². The van der Waals surface area contributed by atoms with Gasteiger partial charge in [0.25, 0.3) is 0 Å². The van der Waals surface area contributed by atoms with E-state index < -0.39 is 11.9 Å². The van der Waals surface area contributed by atoms with Crippen molar-refractivity contribution in [2.75, 3.05) is 13.2 Å². The number of hydrogen-bond acceptors (Lipinski definition) is 4. The lowest BCUT2D eigenvalue weighted by Gasteiger charge is -2.26. The molecule has 1 fully saturated rings. The molecule has 2 atom stereocenters. The van der Waals surface area contributed by atoms with Crippen LogP contribution in [-0.2, 0) is 9.47 Å². The van der Waals surface area contributed by atoms with Crippen LogP contribution in [0.15, 0.2) is 24.3 Å². The number of esters is 2. The van der Waals surface area contributed by atoms with E-state index in [1.165, 1.54) is 19.3 Å². The number of rotatable bonds is 11. The Morgan fingerprint density at radius 3 is 2.21 bits per heavy atom. The van der Waals surface area contributed by atoms with Gasteiger partial charge in [-0.05, 0) is 31.4 Å². The van der Waals surface area contributed by atoms with Crippen molar-refractivity contribution in [2.45, 2.75) is 76.5 Å². The van der Waals surface area contributed by atoms with E-state index in [9.17, 15) is 9.59 Å². The van der Waals surface area contributed by atoms with Crippen molar-refractivity contribution in [3.63, 3.8) is 0 Å². The van der Waals surface area contributed by atoms with Gasteiger partial charge in [0.15, 0.2) is 0 Å². The van der Waals surface area contributed by atoms with E-state index >= 15 is 0 Å². The van der Waals surface area contributed by atoms with Gasteiger partial charge >= 0.3 is 11.9 Å². The summed E-state index contributed by atoms with van der Waals surface area (Å²) >= 11 is 6.34. The van der Waals surface area contributed by atoms with Gasteiger partial charge in [-0.3, -0.25) is 0 Å². The predicted octanol–water partition coefficient (Wildman–Crippen LogP) is 6.16. The Balaban J connectivity index is 1.81. The molecule has 5 heteroatoms. The van der Waals surface area contributed by atoms with Crippen LogP contribution in [0.25, 0.3) is 0 Å². The van der Waals surface area contributed by atoms with Gasteiger partial charge in [0.1, 0.15) is 0 Å². The normalized spacial score (nSPS) is 19.2. The second-order valence-electron chi connectivity index (χ2n) is 7.61. The quantitative estimate of drug-likeness (QED) is 0.250. The Bertz CT molecular complexity index is 616. The van der Waals surface area contributed by atoms with Gasteiger partial charge in [0.2, 0.25) is 0 Å². The molecular weight excluding hydrogens is 376 g/mol. The van der Waals surface area contributed by atoms with Gasteiger partial charge in [-0.25, -0.2) is 9.59 Å². The van der Waals surface area contributed by atoms with Crippen LogP contribution < -0.4 is 0 Å². The third-order valence-electron chi connectivity index (χ3n) is 5.34. The van der Waals surface area contributed by atoms with Crippen LogP contribution in [0.5, 0.6) is 0 Å². The lowest BCUT2D eigenvalue weighted by Crippen LogP contribution is -2.26. The molecular formula is C23H33ClO4. The first kappa shape index (κ1) is 22.7. The first-order valence-electron chi connectivity index (χ1n) is 10.7. The molecule has 0 saturated heterocycles. The standard InChI is InChI=1S/C23H33ClO4/c1-2-3-4-5-6-11-16-27-22(25)19-13-8-9-14-20(19)23(26)28-17-18-12-7-10-15-21(18)24/h8-9,13-14,18,21H,2-7,10-12,15-17H2,1H3. The number of carbonyl (C=O) groups excluding carboxylic acids is 2. The summed E-state index contributed by atoms with van der Waals surface area (Å²) < 4.78 is 10.8. The Kier molecular flexibility index (Phi) is 10.4. The van der Waals surface area contributed by atoms with Crippen LogP contribution in [0, 0.1) is 5.92 Å². The van der Waals surface area contributed by atoms with Gasteiger partial charge < -0.3 is 9.47 Å². The highest BCUT2D eigenvalue weighted by atomic mass is 35.5. The topological polar surface area (TPSA) is 52.6 Å². The molecule has 0 bridgehead atoms. The highest BCUT2D eigenvalue weighted by Crippen LogP contribution is 2.29. The number of alkyl halides is 1. The van der Waals surface area contributed by atoms with Crippen LogP contribution in [0.2, 0.25) is 0 Å². The van der Waals surface area contributed by atoms with Crippen LogP contribution in [-0.4, -0.2) is 30.5 Å². The van der Waals surface area contributed by atoms with Crippen LogP contribution in [0.1, 0.15) is 91.8 Å². The zero-order valence-corrected chi connectivity index (χ0v) is 17.7. The van der Waals surface area contributed by atoms with Crippen molar-refractivity contribution in [1.29, 1.82) is 0 Å². The van der Waals surface area contributed by atoms with E-state index in [4.69, 9.17) is 21.1 Å². The highest BCUT2D eigenvalue weighted by molar-refractivity contribution is 6.20. The molecule has 156 valence electrons. The van der Waals surface area contributed by atoms with E-state index in [-0.39, 0.29) is 22.4 Å². The fraction of sp³-hybridized carbons (Fsp3) is 0.652. The molecule has 4 nitrogen and oxygen atoms in total. The van der Waals surface area contributed by atoms with Crippen molar-refractivity contribution in [2.24, 2.45) is 5.92 Å². The molecule has 0 aromatic heterocycles. The number of carbonyl (C=O) groups is 2. The summed E-state index contributed by atoms with van der Waals surface area (Å²) in [7, 11) is 0. The first-order chi connectivity index (χ1) is 13.6. The number of benzene rings is 1. The second kappa shape index (κ2) is 12.8. The SMILES string of the molecule is CCCCCCCCOC(=O)c1ccccc1C(=O)OCC1CCCCC1Cl. The van der Waals surface area contributed by atoms with Gasteiger partial charge in [-0.1, -0.05) is 64.0 Å². The number of hydrogen-bond donors (Lipinski definition) is 0. The van der Waals surface area contributed by atoms with Crippen molar-refractivity contribution >= 4 is 23.5 Å². The summed E-state index contributed by atoms with van der Waals surface area (Å²) in [5.41, 5.74) is 0.530. The van der Waals surface area contributed by atoms with Crippen molar-refractivity contribution in [1.82, 2.24) is 0 Å². The molecule has 0 N–H and O–H groups in total. The van der Waals surface area contributed by atoms with E-state index in [0.29, 0.717) is 13.2 Å². The minimum absolute atomic E-state index is 0.0547. The molecule has 2 rings (SSSR count). The van der Waals surface area contributed by atoms with Gasteiger partial charge in [0.05, 0.1) is 24.3 Å². The molecule has 0 heterocycles. The minimum atomic E-state index is -0.485. The molecule has 1 aromatic rings. The smallest absolute Gasteiger partial charge is 0.339 e. The Morgan fingerprint density at radius 1 is 0.929 bits per heavy atom. The molecule has 2 unspecified atom stereocenters. The Morgan fingerprint density at radius 2 is 1.54 bits per heavy atom. The third kappa shape index (κ3) is 7.46. The molecule has 0 amide bonds. The fourth-order valence-corrected chi connectivity index (χ4v) is 3.93. The molecule has 0 aliphatic heterocycles. The average molecular weight is 409 g/mol. The van der Waals surface area contributed by atoms with Crippen LogP contribution in [0.4, 0.5) is 0 Å². The first-order valence-corrected chi connectivity index (χ1v) is 11.1. The van der Waals surface area contributed by atoms with E-state index in [1.54, 1.807) is 24.3 Å². The summed E-state index contributed by atoms with van der Waals surface area (Å²) in [4.78, 5) is 24.9. The summed E-state index contributed by atoms with van der Waals surface area (Å²) in [5, 5.41) is 0.0547. The lowest BCUT2D eigenvalue weighted by atomic mass is 9.89. The molecule has 0 radical (unpaired) electrons. The van der Waals surface area contributed by atoms with Crippen LogP contribution >= 0.6 is 11.6 Å². The minimum Gasteiger partial charge on any atom is -0.462 e. The van der Waals surface area contributed by atoms with Gasteiger partial charge in [0, 0.05) is 11.3 Å². The van der Waals surface area contributed by atoms with Crippen molar-refractivity contribution in [3.8, 4) is 0 Å². The highest BCUT2D eigenvalue weighted by Gasteiger charge is 2.26. The molecule has 1 aromatic carbocycles. The Labute approximate surface area is 173 Å². The molecule has 1 aliphatic rings. The zero-order chi connectivity index (χ0) is 20.2. The summed E-state index contributed by atoms with van der Waals surface area (Å²) in [6, 6.07) is 6.69. The summed E-state index contributed by atoms with van der Waals surface area (Å²) in [6.07, 6.45) is 10.9. The lowest BCUT2D eigenvalue weighted by molar-refractivity contribution is 0.0393. The summed E-state index contributed by atoms with van der Waals surface area (Å²) in [6.45, 7) is 2.87. The van der Waals surface area contributed by atoms with Gasteiger partial charge in [-0.15, -0.1) is 11.6 Å². The maximum Gasteiger partial charge on any atom is 0.339 e. The van der Waals surface area contributed by atoms with Crippen molar-refractivity contribution < 1.29 is 19.1 Å². The second-order valence-corrected chi connectivity index (χ2v) is 8.17. The third-order valence-corrected chi connectivity index (χ3v) is 5.92. The number of unbranched alkanes of at least 4 members (excludes halogenated alkanes) is 5. The Hall–Kier alpha value is -1.55. The monoisotopic (exact) mass is 408 g/mol. The number of halogens is 1. The fourth-order valence-electron chi connectivity index (χ4n) is 3.57. The zero-order valence-electron chi connectivity index (χ0n) is 17.0. The predicted molar refractivity (Wildman–Crippen MR) is 112 cm³/mol.